The minimum absolute atomic E-state index is 0.00222. The lowest BCUT2D eigenvalue weighted by Crippen LogP contribution is -2.10. The third-order valence-electron chi connectivity index (χ3n) is 2.58. The number of nitrogens with zero attached hydrogens (tertiary/aromatic N) is 2. The number of rotatable bonds is 5. The first-order valence-electron chi connectivity index (χ1n) is 5.60. The van der Waals surface area contributed by atoms with Gasteiger partial charge in [0.15, 0.2) is 11.5 Å². The number of halogens is 1. The molecule has 0 saturated carbocycles. The number of methoxy groups -OCH3 is 1. The molecule has 1 aromatic carbocycles. The number of hydrogen-bond donors (Lipinski definition) is 0. The molecule has 0 spiro atoms. The van der Waals surface area contributed by atoms with Crippen molar-refractivity contribution in [1.29, 1.82) is 0 Å². The van der Waals surface area contributed by atoms with Crippen LogP contribution in [0.5, 0.6) is 5.75 Å². The van der Waals surface area contributed by atoms with Gasteiger partial charge in [-0.15, -0.1) is 11.8 Å². The molecule has 4 nitrogen and oxygen atoms in total. The standard InChI is InChI=1S/C13H13BrN2O2S/c1-16-13(11(18-2)7-15-16)10(17)8-19-12-6-4-3-5-9(12)14/h3-7H,8H2,1-2H3. The van der Waals surface area contributed by atoms with E-state index in [9.17, 15) is 4.79 Å². The number of carbonyl (C=O) groups is 1. The van der Waals surface area contributed by atoms with E-state index in [1.165, 1.54) is 18.9 Å². The Morgan fingerprint density at radius 3 is 2.89 bits per heavy atom. The first-order valence-corrected chi connectivity index (χ1v) is 7.38. The van der Waals surface area contributed by atoms with E-state index in [0.29, 0.717) is 17.2 Å². The monoisotopic (exact) mass is 340 g/mol. The van der Waals surface area contributed by atoms with E-state index < -0.39 is 0 Å². The Morgan fingerprint density at radius 1 is 1.47 bits per heavy atom. The van der Waals surface area contributed by atoms with Crippen molar-refractivity contribution in [2.45, 2.75) is 4.90 Å². The second-order valence-corrected chi connectivity index (χ2v) is 5.70. The van der Waals surface area contributed by atoms with Crippen molar-refractivity contribution in [3.63, 3.8) is 0 Å². The zero-order valence-electron chi connectivity index (χ0n) is 10.6. The maximum Gasteiger partial charge on any atom is 0.194 e. The zero-order valence-corrected chi connectivity index (χ0v) is 13.0. The molecule has 0 aliphatic heterocycles. The van der Waals surface area contributed by atoms with Crippen molar-refractivity contribution in [2.24, 2.45) is 7.05 Å². The maximum absolute atomic E-state index is 12.2. The van der Waals surface area contributed by atoms with Crippen LogP contribution in [0, 0.1) is 0 Å². The molecule has 1 aromatic heterocycles. The van der Waals surface area contributed by atoms with E-state index in [2.05, 4.69) is 21.0 Å². The van der Waals surface area contributed by atoms with Crippen molar-refractivity contribution < 1.29 is 9.53 Å². The molecule has 100 valence electrons. The highest BCUT2D eigenvalue weighted by atomic mass is 79.9. The number of thioether (sulfide) groups is 1. The normalized spacial score (nSPS) is 10.5. The lowest BCUT2D eigenvalue weighted by atomic mass is 10.3. The maximum atomic E-state index is 12.2. The van der Waals surface area contributed by atoms with Gasteiger partial charge in [-0.25, -0.2) is 0 Å². The summed E-state index contributed by atoms with van der Waals surface area (Å²) in [5.74, 6) is 0.858. The van der Waals surface area contributed by atoms with Crippen LogP contribution in [-0.2, 0) is 7.05 Å². The Balaban J connectivity index is 2.10. The largest absolute Gasteiger partial charge is 0.493 e. The van der Waals surface area contributed by atoms with Gasteiger partial charge in [0.2, 0.25) is 0 Å². The highest BCUT2D eigenvalue weighted by Gasteiger charge is 2.17. The Hall–Kier alpha value is -1.27. The predicted molar refractivity (Wildman–Crippen MR) is 79.0 cm³/mol. The summed E-state index contributed by atoms with van der Waals surface area (Å²) < 4.78 is 7.67. The summed E-state index contributed by atoms with van der Waals surface area (Å²) in [6, 6.07) is 7.82. The average Bonchev–Trinajstić information content (AvgIpc) is 2.78. The molecule has 1 heterocycles. The summed E-state index contributed by atoms with van der Waals surface area (Å²) in [4.78, 5) is 13.3. The number of carbonyl (C=O) groups excluding carboxylic acids is 1. The molecule has 0 N–H and O–H groups in total. The van der Waals surface area contributed by atoms with Gasteiger partial charge in [0.05, 0.1) is 19.1 Å². The number of aryl methyl sites for hydroxylation is 1. The fourth-order valence-corrected chi connectivity index (χ4v) is 3.09. The molecule has 19 heavy (non-hydrogen) atoms. The first kappa shape index (κ1) is 14.1. The Bertz CT molecular complexity index is 598. The number of hydrogen-bond acceptors (Lipinski definition) is 4. The van der Waals surface area contributed by atoms with Crippen LogP contribution in [0.15, 0.2) is 39.8 Å². The topological polar surface area (TPSA) is 44.1 Å². The molecule has 0 amide bonds. The molecule has 0 saturated heterocycles. The molecule has 2 aromatic rings. The molecule has 0 atom stereocenters. The van der Waals surface area contributed by atoms with Gasteiger partial charge in [0, 0.05) is 16.4 Å². The van der Waals surface area contributed by atoms with Crippen LogP contribution in [0.2, 0.25) is 0 Å². The minimum atomic E-state index is -0.00222. The van der Waals surface area contributed by atoms with E-state index >= 15 is 0 Å². The van der Waals surface area contributed by atoms with E-state index in [1.54, 1.807) is 17.9 Å². The fraction of sp³-hybridized carbons (Fsp3) is 0.231. The Morgan fingerprint density at radius 2 is 2.21 bits per heavy atom. The molecule has 0 aliphatic carbocycles. The minimum Gasteiger partial charge on any atom is -0.493 e. The Kier molecular flexibility index (Phi) is 4.66. The smallest absolute Gasteiger partial charge is 0.194 e. The van der Waals surface area contributed by atoms with Gasteiger partial charge in [-0.05, 0) is 28.1 Å². The number of aromatic nitrogens is 2. The van der Waals surface area contributed by atoms with E-state index in [4.69, 9.17) is 4.74 Å². The van der Waals surface area contributed by atoms with Gasteiger partial charge < -0.3 is 4.74 Å². The number of benzene rings is 1. The van der Waals surface area contributed by atoms with Crippen LogP contribution >= 0.6 is 27.7 Å². The second-order valence-electron chi connectivity index (χ2n) is 3.83. The zero-order chi connectivity index (χ0) is 13.8. The van der Waals surface area contributed by atoms with Gasteiger partial charge in [0.25, 0.3) is 0 Å². The third-order valence-corrected chi connectivity index (χ3v) is 4.61. The Labute approximate surface area is 124 Å². The molecular weight excluding hydrogens is 328 g/mol. The highest BCUT2D eigenvalue weighted by molar-refractivity contribution is 9.10. The van der Waals surface area contributed by atoms with E-state index in [1.807, 2.05) is 24.3 Å². The van der Waals surface area contributed by atoms with Crippen molar-refractivity contribution in [1.82, 2.24) is 9.78 Å². The van der Waals surface area contributed by atoms with E-state index in [0.717, 1.165) is 9.37 Å². The molecule has 0 unspecified atom stereocenters. The number of ketones is 1. The quantitative estimate of drug-likeness (QED) is 0.619. The molecule has 6 heteroatoms. The summed E-state index contributed by atoms with van der Waals surface area (Å²) in [5.41, 5.74) is 0.502. The lowest BCUT2D eigenvalue weighted by molar-refractivity contribution is 0.101. The molecule has 0 aliphatic rings. The van der Waals surface area contributed by atoms with Crippen LogP contribution in [0.25, 0.3) is 0 Å². The van der Waals surface area contributed by atoms with Gasteiger partial charge in [-0.1, -0.05) is 12.1 Å². The average molecular weight is 341 g/mol. The summed E-state index contributed by atoms with van der Waals surface area (Å²) in [6.07, 6.45) is 1.55. The molecular formula is C13H13BrN2O2S. The SMILES string of the molecule is COc1cnn(C)c1C(=O)CSc1ccccc1Br. The van der Waals surface area contributed by atoms with Crippen LogP contribution in [0.4, 0.5) is 0 Å². The highest BCUT2D eigenvalue weighted by Crippen LogP contribution is 2.28. The van der Waals surface area contributed by atoms with Crippen molar-refractivity contribution in [3.8, 4) is 5.75 Å². The number of ether oxygens (including phenoxy) is 1. The molecule has 0 fully saturated rings. The van der Waals surface area contributed by atoms with E-state index in [-0.39, 0.29) is 5.78 Å². The van der Waals surface area contributed by atoms with Crippen LogP contribution in [-0.4, -0.2) is 28.4 Å². The summed E-state index contributed by atoms with van der Waals surface area (Å²) >= 11 is 4.95. The molecule has 0 radical (unpaired) electrons. The summed E-state index contributed by atoms with van der Waals surface area (Å²) in [7, 11) is 3.27. The number of Topliss-reactive ketones (excluding diaryl/α,β-unsaturated/α-hetero) is 1. The van der Waals surface area contributed by atoms with Crippen molar-refractivity contribution in [2.75, 3.05) is 12.9 Å². The third kappa shape index (κ3) is 3.19. The lowest BCUT2D eigenvalue weighted by Gasteiger charge is -2.05. The van der Waals surface area contributed by atoms with Gasteiger partial charge in [0.1, 0.15) is 5.69 Å². The second kappa shape index (κ2) is 6.25. The molecule has 2 rings (SSSR count). The van der Waals surface area contributed by atoms with Gasteiger partial charge >= 0.3 is 0 Å². The van der Waals surface area contributed by atoms with Crippen molar-refractivity contribution >= 4 is 33.5 Å². The fourth-order valence-electron chi connectivity index (χ4n) is 1.66. The van der Waals surface area contributed by atoms with Gasteiger partial charge in [-0.2, -0.15) is 5.10 Å². The van der Waals surface area contributed by atoms with Crippen LogP contribution in [0.1, 0.15) is 10.5 Å². The van der Waals surface area contributed by atoms with Crippen LogP contribution in [0.3, 0.4) is 0 Å². The summed E-state index contributed by atoms with van der Waals surface area (Å²) in [6.45, 7) is 0. The molecule has 0 bridgehead atoms. The predicted octanol–water partition coefficient (Wildman–Crippen LogP) is 3.17. The first-order chi connectivity index (χ1) is 9.13. The van der Waals surface area contributed by atoms with Gasteiger partial charge in [-0.3, -0.25) is 9.48 Å². The van der Waals surface area contributed by atoms with Crippen LogP contribution < -0.4 is 4.74 Å². The summed E-state index contributed by atoms with van der Waals surface area (Å²) in [5, 5.41) is 4.03. The van der Waals surface area contributed by atoms with Crippen molar-refractivity contribution in [3.05, 3.63) is 40.6 Å².